The van der Waals surface area contributed by atoms with Crippen molar-refractivity contribution in [3.63, 3.8) is 0 Å². The molecule has 0 aliphatic heterocycles. The van der Waals surface area contributed by atoms with E-state index in [1.165, 1.54) is 17.7 Å². The fraction of sp³-hybridized carbons (Fsp3) is 0.154. The summed E-state index contributed by atoms with van der Waals surface area (Å²) >= 11 is 3.34. The number of benzene rings is 1. The van der Waals surface area contributed by atoms with Gasteiger partial charge in [0.1, 0.15) is 5.82 Å². The molecule has 0 atom stereocenters. The smallest absolute Gasteiger partial charge is 0.124 e. The third-order valence-corrected chi connectivity index (χ3v) is 3.15. The molecule has 17 heavy (non-hydrogen) atoms. The molecule has 0 aliphatic carbocycles. The molecule has 1 N–H and O–H groups in total. The Morgan fingerprint density at radius 2 is 1.88 bits per heavy atom. The summed E-state index contributed by atoms with van der Waals surface area (Å²) in [7, 11) is 0. The Labute approximate surface area is 108 Å². The average molecular weight is 295 g/mol. The van der Waals surface area contributed by atoms with Crippen LogP contribution in [-0.2, 0) is 13.1 Å². The zero-order valence-electron chi connectivity index (χ0n) is 9.16. The lowest BCUT2D eigenvalue weighted by atomic mass is 10.2. The highest BCUT2D eigenvalue weighted by Crippen LogP contribution is 2.17. The topological polar surface area (TPSA) is 24.9 Å². The van der Waals surface area contributed by atoms with Crippen LogP contribution in [0.4, 0.5) is 4.39 Å². The molecule has 0 fully saturated rings. The van der Waals surface area contributed by atoms with Crippen molar-refractivity contribution < 1.29 is 4.39 Å². The average Bonchev–Trinajstić information content (AvgIpc) is 2.33. The largest absolute Gasteiger partial charge is 0.309 e. The van der Waals surface area contributed by atoms with E-state index in [4.69, 9.17) is 0 Å². The number of nitrogens with one attached hydrogen (secondary N) is 1. The maximum atomic E-state index is 12.9. The Balaban J connectivity index is 1.90. The second kappa shape index (κ2) is 5.89. The van der Waals surface area contributed by atoms with E-state index in [0.29, 0.717) is 6.54 Å². The van der Waals surface area contributed by atoms with Gasteiger partial charge in [-0.25, -0.2) is 4.39 Å². The summed E-state index contributed by atoms with van der Waals surface area (Å²) in [5.41, 5.74) is 2.22. The fourth-order valence-electron chi connectivity index (χ4n) is 1.51. The lowest BCUT2D eigenvalue weighted by Crippen LogP contribution is -2.13. The molecule has 0 saturated carbocycles. The zero-order chi connectivity index (χ0) is 12.1. The van der Waals surface area contributed by atoms with E-state index in [1.54, 1.807) is 18.5 Å². The van der Waals surface area contributed by atoms with Crippen molar-refractivity contribution in [1.29, 1.82) is 0 Å². The molecular weight excluding hydrogens is 283 g/mol. The Kier molecular flexibility index (Phi) is 4.23. The maximum Gasteiger partial charge on any atom is 0.124 e. The van der Waals surface area contributed by atoms with Crippen molar-refractivity contribution in [3.05, 3.63) is 64.1 Å². The van der Waals surface area contributed by atoms with Gasteiger partial charge in [-0.1, -0.05) is 22.0 Å². The summed E-state index contributed by atoms with van der Waals surface area (Å²) in [4.78, 5) is 3.96. The number of hydrogen-bond acceptors (Lipinski definition) is 2. The molecule has 1 aromatic heterocycles. The molecule has 0 spiro atoms. The van der Waals surface area contributed by atoms with Crippen molar-refractivity contribution in [3.8, 4) is 0 Å². The Morgan fingerprint density at radius 3 is 2.59 bits per heavy atom. The van der Waals surface area contributed by atoms with Gasteiger partial charge >= 0.3 is 0 Å². The van der Waals surface area contributed by atoms with E-state index in [-0.39, 0.29) is 5.82 Å². The summed E-state index contributed by atoms with van der Waals surface area (Å²) < 4.78 is 13.7. The molecule has 88 valence electrons. The summed E-state index contributed by atoms with van der Waals surface area (Å²) in [5, 5.41) is 3.30. The lowest BCUT2D eigenvalue weighted by Gasteiger charge is -2.07. The van der Waals surface area contributed by atoms with Gasteiger partial charge in [-0.3, -0.25) is 4.98 Å². The van der Waals surface area contributed by atoms with Gasteiger partial charge in [-0.2, -0.15) is 0 Å². The monoisotopic (exact) mass is 294 g/mol. The molecule has 2 aromatic rings. The lowest BCUT2D eigenvalue weighted by molar-refractivity contribution is 0.623. The number of nitrogens with zero attached hydrogens (tertiary/aromatic N) is 1. The minimum atomic E-state index is -0.227. The van der Waals surface area contributed by atoms with Gasteiger partial charge in [0.05, 0.1) is 0 Å². The molecule has 0 saturated heterocycles. The van der Waals surface area contributed by atoms with Crippen LogP contribution in [0.2, 0.25) is 0 Å². The maximum absolute atomic E-state index is 12.9. The van der Waals surface area contributed by atoms with Crippen molar-refractivity contribution in [2.45, 2.75) is 13.1 Å². The van der Waals surface area contributed by atoms with Crippen LogP contribution in [-0.4, -0.2) is 4.98 Å². The second-order valence-corrected chi connectivity index (χ2v) is 4.55. The predicted molar refractivity (Wildman–Crippen MR) is 68.9 cm³/mol. The first-order valence-electron chi connectivity index (χ1n) is 5.29. The molecule has 4 heteroatoms. The van der Waals surface area contributed by atoms with E-state index in [1.807, 2.05) is 12.1 Å². The molecule has 0 amide bonds. The van der Waals surface area contributed by atoms with Crippen LogP contribution in [0.5, 0.6) is 0 Å². The van der Waals surface area contributed by atoms with Crippen LogP contribution >= 0.6 is 15.9 Å². The van der Waals surface area contributed by atoms with Crippen molar-refractivity contribution in [2.24, 2.45) is 0 Å². The summed E-state index contributed by atoms with van der Waals surface area (Å²) in [6.07, 6.45) is 3.54. The summed E-state index contributed by atoms with van der Waals surface area (Å²) in [6.45, 7) is 1.47. The SMILES string of the molecule is Fc1ccc(CNCc2ccncc2)c(Br)c1. The molecule has 0 bridgehead atoms. The van der Waals surface area contributed by atoms with Crippen molar-refractivity contribution >= 4 is 15.9 Å². The van der Waals surface area contributed by atoms with Crippen LogP contribution in [0.1, 0.15) is 11.1 Å². The van der Waals surface area contributed by atoms with Gasteiger partial charge in [0.25, 0.3) is 0 Å². The first kappa shape index (κ1) is 12.2. The normalized spacial score (nSPS) is 10.5. The van der Waals surface area contributed by atoms with Crippen LogP contribution in [0, 0.1) is 5.82 Å². The second-order valence-electron chi connectivity index (χ2n) is 3.69. The third-order valence-electron chi connectivity index (χ3n) is 2.41. The zero-order valence-corrected chi connectivity index (χ0v) is 10.7. The molecule has 0 unspecified atom stereocenters. The van der Waals surface area contributed by atoms with Gasteiger partial charge in [-0.05, 0) is 35.4 Å². The first-order chi connectivity index (χ1) is 8.25. The standard InChI is InChI=1S/C13H12BrFN2/c14-13-7-12(15)2-1-11(13)9-17-8-10-3-5-16-6-4-10/h1-7,17H,8-9H2. The fourth-order valence-corrected chi connectivity index (χ4v) is 2.00. The van der Waals surface area contributed by atoms with E-state index in [2.05, 4.69) is 26.2 Å². The highest BCUT2D eigenvalue weighted by molar-refractivity contribution is 9.10. The number of rotatable bonds is 4. The van der Waals surface area contributed by atoms with Crippen LogP contribution in [0.3, 0.4) is 0 Å². The van der Waals surface area contributed by atoms with Crippen LogP contribution < -0.4 is 5.32 Å². The highest BCUT2D eigenvalue weighted by atomic mass is 79.9. The van der Waals surface area contributed by atoms with Crippen molar-refractivity contribution in [1.82, 2.24) is 10.3 Å². The van der Waals surface area contributed by atoms with Gasteiger partial charge in [0.15, 0.2) is 0 Å². The Bertz CT molecular complexity index is 488. The van der Waals surface area contributed by atoms with E-state index in [9.17, 15) is 4.39 Å². The molecule has 0 radical (unpaired) electrons. The van der Waals surface area contributed by atoms with Crippen LogP contribution in [0.25, 0.3) is 0 Å². The number of pyridine rings is 1. The minimum absolute atomic E-state index is 0.227. The van der Waals surface area contributed by atoms with E-state index >= 15 is 0 Å². The summed E-state index contributed by atoms with van der Waals surface area (Å²) in [6, 6.07) is 8.65. The predicted octanol–water partition coefficient (Wildman–Crippen LogP) is 3.27. The van der Waals surface area contributed by atoms with Crippen LogP contribution in [0.15, 0.2) is 47.2 Å². The minimum Gasteiger partial charge on any atom is -0.309 e. The molecule has 1 heterocycles. The van der Waals surface area contributed by atoms with Gasteiger partial charge < -0.3 is 5.32 Å². The molecule has 0 aliphatic rings. The van der Waals surface area contributed by atoms with E-state index < -0.39 is 0 Å². The highest BCUT2D eigenvalue weighted by Gasteiger charge is 2.01. The molecule has 2 nitrogen and oxygen atoms in total. The molecular formula is C13H12BrFN2. The first-order valence-corrected chi connectivity index (χ1v) is 6.08. The van der Waals surface area contributed by atoms with Gasteiger partial charge in [-0.15, -0.1) is 0 Å². The Hall–Kier alpha value is -1.26. The Morgan fingerprint density at radius 1 is 1.12 bits per heavy atom. The van der Waals surface area contributed by atoms with E-state index in [0.717, 1.165) is 16.6 Å². The number of hydrogen-bond donors (Lipinski definition) is 1. The summed E-state index contributed by atoms with van der Waals surface area (Å²) in [5.74, 6) is -0.227. The number of halogens is 2. The third kappa shape index (κ3) is 3.61. The molecule has 1 aromatic carbocycles. The molecule has 2 rings (SSSR count). The van der Waals surface area contributed by atoms with Crippen molar-refractivity contribution in [2.75, 3.05) is 0 Å². The number of aromatic nitrogens is 1. The van der Waals surface area contributed by atoms with Gasteiger partial charge in [0, 0.05) is 30.0 Å². The quantitative estimate of drug-likeness (QED) is 0.936. The van der Waals surface area contributed by atoms with Gasteiger partial charge in [0.2, 0.25) is 0 Å².